The van der Waals surface area contributed by atoms with Gasteiger partial charge < -0.3 is 14.2 Å². The second-order valence-electron chi connectivity index (χ2n) is 8.09. The molecule has 0 unspecified atom stereocenters. The minimum atomic E-state index is -4.60. The molecule has 9 heteroatoms. The molecule has 176 valence electrons. The van der Waals surface area contributed by atoms with Crippen LogP contribution in [0.15, 0.2) is 48.5 Å². The zero-order valence-corrected chi connectivity index (χ0v) is 18.8. The highest BCUT2D eigenvalue weighted by Gasteiger charge is 2.39. The average molecular weight is 469 g/mol. The Morgan fingerprint density at radius 1 is 0.882 bits per heavy atom. The molecule has 4 aromatic rings. The summed E-state index contributed by atoms with van der Waals surface area (Å²) in [5.74, 6) is 1.49. The van der Waals surface area contributed by atoms with E-state index in [1.165, 1.54) is 18.9 Å². The molecule has 0 aliphatic heterocycles. The number of aromatic nitrogens is 3. The topological polar surface area (TPSA) is 58.4 Å². The number of pyridine rings is 1. The number of fused-ring (bicyclic) bond motifs is 1. The van der Waals surface area contributed by atoms with E-state index in [9.17, 15) is 13.2 Å². The van der Waals surface area contributed by atoms with Gasteiger partial charge in [0.1, 0.15) is 17.2 Å². The molecule has 2 heterocycles. The van der Waals surface area contributed by atoms with Gasteiger partial charge in [0, 0.05) is 11.5 Å². The van der Waals surface area contributed by atoms with Crippen molar-refractivity contribution in [1.82, 2.24) is 14.8 Å². The number of ether oxygens (including phenoxy) is 3. The Kier molecular flexibility index (Phi) is 5.34. The van der Waals surface area contributed by atoms with Gasteiger partial charge in [0.2, 0.25) is 0 Å². The molecule has 0 bridgehead atoms. The summed E-state index contributed by atoms with van der Waals surface area (Å²) >= 11 is 0. The first-order chi connectivity index (χ1) is 16.3. The van der Waals surface area contributed by atoms with Crippen LogP contribution in [-0.2, 0) is 6.18 Å². The predicted molar refractivity (Wildman–Crippen MR) is 121 cm³/mol. The first kappa shape index (κ1) is 22.1. The molecule has 0 atom stereocenters. The number of methoxy groups -OCH3 is 3. The SMILES string of the molecule is COc1ccc(-n2nc(C3CC3)c3c(C(F)(F)F)cc(-c4cc(OC)ccc4OC)nc32)cc1. The minimum absolute atomic E-state index is 0.0119. The molecule has 0 amide bonds. The number of rotatable bonds is 6. The predicted octanol–water partition coefficient (Wildman–Crippen LogP) is 6.01. The third-order valence-corrected chi connectivity index (χ3v) is 5.93. The van der Waals surface area contributed by atoms with Crippen molar-refractivity contribution in [3.8, 4) is 34.2 Å². The highest BCUT2D eigenvalue weighted by atomic mass is 19.4. The number of hydrogen-bond acceptors (Lipinski definition) is 5. The van der Waals surface area contributed by atoms with Crippen LogP contribution in [0.3, 0.4) is 0 Å². The summed E-state index contributed by atoms with van der Waals surface area (Å²) in [5, 5.41) is 4.66. The minimum Gasteiger partial charge on any atom is -0.497 e. The van der Waals surface area contributed by atoms with Crippen LogP contribution in [0.25, 0.3) is 28.0 Å². The molecule has 34 heavy (non-hydrogen) atoms. The van der Waals surface area contributed by atoms with Gasteiger partial charge in [-0.15, -0.1) is 0 Å². The van der Waals surface area contributed by atoms with E-state index >= 15 is 0 Å². The lowest BCUT2D eigenvalue weighted by Crippen LogP contribution is -2.08. The van der Waals surface area contributed by atoms with E-state index in [2.05, 4.69) is 10.1 Å². The number of benzene rings is 2. The Morgan fingerprint density at radius 2 is 1.56 bits per heavy atom. The highest BCUT2D eigenvalue weighted by Crippen LogP contribution is 2.47. The Balaban J connectivity index is 1.83. The van der Waals surface area contributed by atoms with Crippen LogP contribution in [0.1, 0.15) is 30.0 Å². The van der Waals surface area contributed by atoms with Crippen LogP contribution < -0.4 is 14.2 Å². The summed E-state index contributed by atoms with van der Waals surface area (Å²) in [6.45, 7) is 0. The van der Waals surface area contributed by atoms with Crippen LogP contribution in [0.4, 0.5) is 13.2 Å². The van der Waals surface area contributed by atoms with E-state index in [0.717, 1.165) is 18.9 Å². The first-order valence-corrected chi connectivity index (χ1v) is 10.7. The normalized spacial score (nSPS) is 13.8. The Labute approximate surface area is 193 Å². The van der Waals surface area contributed by atoms with Crippen molar-refractivity contribution in [2.75, 3.05) is 21.3 Å². The van der Waals surface area contributed by atoms with Gasteiger partial charge in [-0.3, -0.25) is 0 Å². The van der Waals surface area contributed by atoms with Crippen LogP contribution in [0.5, 0.6) is 17.2 Å². The smallest absolute Gasteiger partial charge is 0.417 e. The number of hydrogen-bond donors (Lipinski definition) is 0. The average Bonchev–Trinajstić information content (AvgIpc) is 3.62. The molecule has 0 saturated heterocycles. The molecule has 1 fully saturated rings. The van der Waals surface area contributed by atoms with Crippen LogP contribution in [0, 0.1) is 0 Å². The summed E-state index contributed by atoms with van der Waals surface area (Å²) in [6, 6.07) is 13.0. The molecule has 1 saturated carbocycles. The Bertz CT molecular complexity index is 1360. The van der Waals surface area contributed by atoms with E-state index < -0.39 is 11.7 Å². The molecule has 0 N–H and O–H groups in total. The van der Waals surface area contributed by atoms with E-state index in [1.54, 1.807) is 49.6 Å². The van der Waals surface area contributed by atoms with E-state index in [-0.39, 0.29) is 22.6 Å². The van der Waals surface area contributed by atoms with Gasteiger partial charge >= 0.3 is 6.18 Å². The summed E-state index contributed by atoms with van der Waals surface area (Å²) in [5.41, 5.74) is 0.904. The largest absolute Gasteiger partial charge is 0.497 e. The standard InChI is InChI=1S/C25H22F3N3O3/c1-32-16-8-6-15(7-9-16)31-24-22(23(30-31)14-4-5-14)19(25(26,27)28)13-20(29-24)18-12-17(33-2)10-11-21(18)34-3/h6-14H,4-5H2,1-3H3. The maximum atomic E-state index is 14.4. The molecular formula is C25H22F3N3O3. The molecule has 1 aliphatic carbocycles. The zero-order valence-electron chi connectivity index (χ0n) is 18.8. The van der Waals surface area contributed by atoms with Gasteiger partial charge in [-0.1, -0.05) is 0 Å². The Morgan fingerprint density at radius 3 is 2.15 bits per heavy atom. The lowest BCUT2D eigenvalue weighted by atomic mass is 10.0. The molecule has 1 aliphatic rings. The fraction of sp³-hybridized carbons (Fsp3) is 0.280. The zero-order chi connectivity index (χ0) is 24.0. The van der Waals surface area contributed by atoms with Crippen molar-refractivity contribution in [2.24, 2.45) is 0 Å². The summed E-state index contributed by atoms with van der Waals surface area (Å²) in [4.78, 5) is 4.69. The second-order valence-corrected chi connectivity index (χ2v) is 8.09. The van der Waals surface area contributed by atoms with Gasteiger partial charge in [-0.05, 0) is 61.4 Å². The second kappa shape index (κ2) is 8.23. The quantitative estimate of drug-likeness (QED) is 0.346. The van der Waals surface area contributed by atoms with Gasteiger partial charge in [0.05, 0.1) is 49.4 Å². The maximum Gasteiger partial charge on any atom is 0.417 e. The van der Waals surface area contributed by atoms with E-state index in [0.29, 0.717) is 34.2 Å². The van der Waals surface area contributed by atoms with Gasteiger partial charge in [-0.2, -0.15) is 18.3 Å². The lowest BCUT2D eigenvalue weighted by Gasteiger charge is -2.14. The van der Waals surface area contributed by atoms with Crippen molar-refractivity contribution >= 4 is 11.0 Å². The number of halogens is 3. The molecule has 6 nitrogen and oxygen atoms in total. The number of alkyl halides is 3. The molecule has 2 aromatic heterocycles. The lowest BCUT2D eigenvalue weighted by molar-refractivity contribution is -0.136. The van der Waals surface area contributed by atoms with E-state index in [4.69, 9.17) is 14.2 Å². The van der Waals surface area contributed by atoms with Gasteiger partial charge in [0.25, 0.3) is 0 Å². The van der Waals surface area contributed by atoms with Crippen LogP contribution in [-0.4, -0.2) is 36.1 Å². The van der Waals surface area contributed by atoms with Gasteiger partial charge in [0.15, 0.2) is 5.65 Å². The molecule has 0 spiro atoms. The fourth-order valence-electron chi connectivity index (χ4n) is 4.06. The van der Waals surface area contributed by atoms with Crippen LogP contribution in [0.2, 0.25) is 0 Å². The monoisotopic (exact) mass is 469 g/mol. The molecule has 0 radical (unpaired) electrons. The van der Waals surface area contributed by atoms with Crippen molar-refractivity contribution in [3.05, 3.63) is 59.8 Å². The van der Waals surface area contributed by atoms with Crippen molar-refractivity contribution in [3.63, 3.8) is 0 Å². The molecule has 5 rings (SSSR count). The summed E-state index contributed by atoms with van der Waals surface area (Å²) < 4.78 is 60.5. The van der Waals surface area contributed by atoms with E-state index in [1.807, 2.05) is 0 Å². The fourth-order valence-corrected chi connectivity index (χ4v) is 4.06. The summed E-state index contributed by atoms with van der Waals surface area (Å²) in [7, 11) is 4.50. The van der Waals surface area contributed by atoms with Crippen molar-refractivity contribution in [2.45, 2.75) is 24.9 Å². The third kappa shape index (κ3) is 3.81. The summed E-state index contributed by atoms with van der Waals surface area (Å²) in [6.07, 6.45) is -2.99. The Hall–Kier alpha value is -3.75. The molecule has 2 aromatic carbocycles. The first-order valence-electron chi connectivity index (χ1n) is 10.7. The highest BCUT2D eigenvalue weighted by molar-refractivity contribution is 5.88. The third-order valence-electron chi connectivity index (χ3n) is 5.93. The van der Waals surface area contributed by atoms with Crippen LogP contribution >= 0.6 is 0 Å². The number of nitrogens with zero attached hydrogens (tertiary/aromatic N) is 3. The van der Waals surface area contributed by atoms with Crippen molar-refractivity contribution < 1.29 is 27.4 Å². The van der Waals surface area contributed by atoms with Crippen molar-refractivity contribution in [1.29, 1.82) is 0 Å². The molecular weight excluding hydrogens is 447 g/mol. The maximum absolute atomic E-state index is 14.4. The van der Waals surface area contributed by atoms with Gasteiger partial charge in [-0.25, -0.2) is 9.67 Å².